The molecule has 0 fully saturated rings. The molecule has 0 aliphatic heterocycles. The van der Waals surface area contributed by atoms with E-state index in [1.54, 1.807) is 25.2 Å². The molecule has 106 valence electrons. The number of nitrogens with zero attached hydrogens (tertiary/aromatic N) is 1. The maximum Gasteiger partial charge on any atom is 0.243 e. The lowest BCUT2D eigenvalue weighted by molar-refractivity contribution is 0.467. The van der Waals surface area contributed by atoms with Crippen LogP contribution in [0.1, 0.15) is 11.1 Å². The summed E-state index contributed by atoms with van der Waals surface area (Å²) in [5.41, 5.74) is 8.18. The van der Waals surface area contributed by atoms with Gasteiger partial charge in [0, 0.05) is 19.3 Å². The number of hydrogen-bond acceptors (Lipinski definition) is 3. The van der Waals surface area contributed by atoms with Crippen LogP contribution in [0.15, 0.2) is 53.4 Å². The molecule has 2 aromatic rings. The van der Waals surface area contributed by atoms with Crippen molar-refractivity contribution >= 4 is 15.7 Å². The molecule has 0 aliphatic rings. The van der Waals surface area contributed by atoms with Crippen LogP contribution in [-0.4, -0.2) is 19.8 Å². The second-order valence-electron chi connectivity index (χ2n) is 4.82. The summed E-state index contributed by atoms with van der Waals surface area (Å²) in [6, 6.07) is 14.1. The Morgan fingerprint density at radius 3 is 2.35 bits per heavy atom. The zero-order valence-electron chi connectivity index (χ0n) is 11.6. The molecule has 0 radical (unpaired) electrons. The Balaban J connectivity index is 2.23. The van der Waals surface area contributed by atoms with Gasteiger partial charge >= 0.3 is 0 Å². The first kappa shape index (κ1) is 14.6. The van der Waals surface area contributed by atoms with Crippen LogP contribution in [0.5, 0.6) is 0 Å². The Kier molecular flexibility index (Phi) is 4.11. The van der Waals surface area contributed by atoms with Crippen LogP contribution in [0.4, 0.5) is 5.69 Å². The molecule has 0 saturated carbocycles. The Bertz CT molecular complexity index is 694. The standard InChI is InChI=1S/C15H18N2O2S/c1-12-6-8-13(9-7-12)11-17(2)20(18,19)15-5-3-4-14(16)10-15/h3-10H,11,16H2,1-2H3. The fourth-order valence-electron chi connectivity index (χ4n) is 1.89. The normalized spacial score (nSPS) is 11.8. The topological polar surface area (TPSA) is 63.4 Å². The molecule has 0 spiro atoms. The third kappa shape index (κ3) is 3.18. The molecular weight excluding hydrogens is 272 g/mol. The molecule has 0 amide bonds. The van der Waals surface area contributed by atoms with Gasteiger partial charge in [-0.25, -0.2) is 8.42 Å². The van der Waals surface area contributed by atoms with Gasteiger partial charge in [0.2, 0.25) is 10.0 Å². The zero-order chi connectivity index (χ0) is 14.8. The van der Waals surface area contributed by atoms with Crippen LogP contribution in [-0.2, 0) is 16.6 Å². The molecule has 0 heterocycles. The predicted octanol–water partition coefficient (Wildman–Crippen LogP) is 2.40. The van der Waals surface area contributed by atoms with Gasteiger partial charge in [-0.1, -0.05) is 35.9 Å². The van der Waals surface area contributed by atoms with E-state index in [0.717, 1.165) is 11.1 Å². The van der Waals surface area contributed by atoms with E-state index in [9.17, 15) is 8.42 Å². The molecule has 0 unspecified atom stereocenters. The number of nitrogens with two attached hydrogens (primary N) is 1. The van der Waals surface area contributed by atoms with Crippen LogP contribution in [0, 0.1) is 6.92 Å². The SMILES string of the molecule is Cc1ccc(CN(C)S(=O)(=O)c2cccc(N)c2)cc1. The quantitative estimate of drug-likeness (QED) is 0.879. The van der Waals surface area contributed by atoms with E-state index in [1.165, 1.54) is 10.4 Å². The molecule has 0 bridgehead atoms. The number of benzene rings is 2. The smallest absolute Gasteiger partial charge is 0.243 e. The molecule has 0 aliphatic carbocycles. The van der Waals surface area contributed by atoms with E-state index < -0.39 is 10.0 Å². The lowest BCUT2D eigenvalue weighted by Crippen LogP contribution is -2.26. The summed E-state index contributed by atoms with van der Waals surface area (Å²) in [7, 11) is -1.95. The molecule has 2 N–H and O–H groups in total. The van der Waals surface area contributed by atoms with E-state index in [1.807, 2.05) is 31.2 Å². The largest absolute Gasteiger partial charge is 0.399 e. The number of hydrogen-bond donors (Lipinski definition) is 1. The van der Waals surface area contributed by atoms with Gasteiger partial charge in [0.25, 0.3) is 0 Å². The van der Waals surface area contributed by atoms with Crippen molar-refractivity contribution in [3.05, 3.63) is 59.7 Å². The van der Waals surface area contributed by atoms with Gasteiger partial charge in [0.1, 0.15) is 0 Å². The second-order valence-corrected chi connectivity index (χ2v) is 6.86. The highest BCUT2D eigenvalue weighted by molar-refractivity contribution is 7.89. The lowest BCUT2D eigenvalue weighted by atomic mass is 10.1. The average molecular weight is 290 g/mol. The van der Waals surface area contributed by atoms with E-state index in [4.69, 9.17) is 5.73 Å². The van der Waals surface area contributed by atoms with E-state index in [0.29, 0.717) is 12.2 Å². The van der Waals surface area contributed by atoms with Crippen LogP contribution in [0.2, 0.25) is 0 Å². The van der Waals surface area contributed by atoms with Crippen LogP contribution in [0.3, 0.4) is 0 Å². The van der Waals surface area contributed by atoms with Crippen molar-refractivity contribution in [2.75, 3.05) is 12.8 Å². The molecule has 0 aromatic heterocycles. The van der Waals surface area contributed by atoms with Gasteiger partial charge in [-0.2, -0.15) is 4.31 Å². The Morgan fingerprint density at radius 2 is 1.75 bits per heavy atom. The van der Waals surface area contributed by atoms with Crippen molar-refractivity contribution in [3.8, 4) is 0 Å². The minimum Gasteiger partial charge on any atom is -0.399 e. The van der Waals surface area contributed by atoms with E-state index in [2.05, 4.69) is 0 Å². The molecule has 5 heteroatoms. The summed E-state index contributed by atoms with van der Waals surface area (Å²) in [6.07, 6.45) is 0. The van der Waals surface area contributed by atoms with Gasteiger partial charge in [0.15, 0.2) is 0 Å². The fourth-order valence-corrected chi connectivity index (χ4v) is 3.10. The number of sulfonamides is 1. The third-order valence-electron chi connectivity index (χ3n) is 3.09. The van der Waals surface area contributed by atoms with Crippen molar-refractivity contribution in [1.29, 1.82) is 0 Å². The van der Waals surface area contributed by atoms with Crippen LogP contribution < -0.4 is 5.73 Å². The molecule has 2 aromatic carbocycles. The number of aryl methyl sites for hydroxylation is 1. The molecule has 2 rings (SSSR count). The average Bonchev–Trinajstić information content (AvgIpc) is 2.41. The minimum atomic E-state index is -3.52. The molecular formula is C15H18N2O2S. The first-order valence-corrected chi connectivity index (χ1v) is 7.71. The van der Waals surface area contributed by atoms with Crippen molar-refractivity contribution < 1.29 is 8.42 Å². The summed E-state index contributed by atoms with van der Waals surface area (Å²) in [5, 5.41) is 0. The first-order chi connectivity index (χ1) is 9.39. The predicted molar refractivity (Wildman–Crippen MR) is 80.7 cm³/mol. The summed E-state index contributed by atoms with van der Waals surface area (Å²) in [6.45, 7) is 2.33. The van der Waals surface area contributed by atoms with Gasteiger partial charge in [-0.05, 0) is 30.7 Å². The fraction of sp³-hybridized carbons (Fsp3) is 0.200. The van der Waals surface area contributed by atoms with Crippen molar-refractivity contribution in [3.63, 3.8) is 0 Å². The summed E-state index contributed by atoms with van der Waals surface area (Å²) in [4.78, 5) is 0.215. The molecule has 4 nitrogen and oxygen atoms in total. The third-order valence-corrected chi connectivity index (χ3v) is 4.89. The maximum atomic E-state index is 12.4. The van der Waals surface area contributed by atoms with Crippen LogP contribution >= 0.6 is 0 Å². The Labute approximate surface area is 119 Å². The summed E-state index contributed by atoms with van der Waals surface area (Å²) in [5.74, 6) is 0. The number of nitrogen functional groups attached to an aromatic ring is 1. The molecule has 20 heavy (non-hydrogen) atoms. The molecule has 0 atom stereocenters. The van der Waals surface area contributed by atoms with Gasteiger partial charge in [0.05, 0.1) is 4.90 Å². The number of rotatable bonds is 4. The zero-order valence-corrected chi connectivity index (χ0v) is 12.4. The minimum absolute atomic E-state index is 0.215. The lowest BCUT2D eigenvalue weighted by Gasteiger charge is -2.17. The van der Waals surface area contributed by atoms with Crippen molar-refractivity contribution in [1.82, 2.24) is 4.31 Å². The van der Waals surface area contributed by atoms with E-state index >= 15 is 0 Å². The summed E-state index contributed by atoms with van der Waals surface area (Å²) >= 11 is 0. The molecule has 0 saturated heterocycles. The van der Waals surface area contributed by atoms with Crippen molar-refractivity contribution in [2.45, 2.75) is 18.4 Å². The highest BCUT2D eigenvalue weighted by atomic mass is 32.2. The van der Waals surface area contributed by atoms with Gasteiger partial charge < -0.3 is 5.73 Å². The monoisotopic (exact) mass is 290 g/mol. The Hall–Kier alpha value is -1.85. The first-order valence-electron chi connectivity index (χ1n) is 6.27. The second kappa shape index (κ2) is 5.64. The number of anilines is 1. The highest BCUT2D eigenvalue weighted by Gasteiger charge is 2.20. The van der Waals surface area contributed by atoms with Gasteiger partial charge in [-0.3, -0.25) is 0 Å². The summed E-state index contributed by atoms with van der Waals surface area (Å²) < 4.78 is 26.2. The van der Waals surface area contributed by atoms with Crippen molar-refractivity contribution in [2.24, 2.45) is 0 Å². The maximum absolute atomic E-state index is 12.4. The van der Waals surface area contributed by atoms with Gasteiger partial charge in [-0.15, -0.1) is 0 Å². The van der Waals surface area contributed by atoms with Crippen LogP contribution in [0.25, 0.3) is 0 Å². The Morgan fingerprint density at radius 1 is 1.10 bits per heavy atom. The highest BCUT2D eigenvalue weighted by Crippen LogP contribution is 2.19. The van der Waals surface area contributed by atoms with E-state index in [-0.39, 0.29) is 4.90 Å².